The third-order valence-corrected chi connectivity index (χ3v) is 5.53. The van der Waals surface area contributed by atoms with E-state index in [9.17, 15) is 0 Å². The molecule has 2 N–H and O–H groups in total. The van der Waals surface area contributed by atoms with E-state index >= 15 is 0 Å². The van der Waals surface area contributed by atoms with E-state index < -0.39 is 0 Å². The molecule has 3 fully saturated rings. The minimum Gasteiger partial charge on any atom is -0.381 e. The maximum Gasteiger partial charge on any atom is 0.191 e. The van der Waals surface area contributed by atoms with Crippen LogP contribution in [-0.2, 0) is 4.74 Å². The second-order valence-corrected chi connectivity index (χ2v) is 6.45. The summed E-state index contributed by atoms with van der Waals surface area (Å²) in [6, 6.07) is 0.412. The van der Waals surface area contributed by atoms with Crippen LogP contribution in [0.5, 0.6) is 0 Å². The third-order valence-electron chi connectivity index (χ3n) is 5.53. The number of methoxy groups -OCH3 is 1. The van der Waals surface area contributed by atoms with Crippen molar-refractivity contribution in [2.45, 2.75) is 63.5 Å². The lowest BCUT2D eigenvalue weighted by atomic mass is 9.51. The van der Waals surface area contributed by atoms with Crippen LogP contribution >= 0.6 is 0 Å². The monoisotopic (exact) mass is 265 g/mol. The maximum atomic E-state index is 6.25. The Morgan fingerprint density at radius 2 is 1.84 bits per heavy atom. The van der Waals surface area contributed by atoms with E-state index in [1.54, 1.807) is 0 Å². The molecule has 2 aliphatic carbocycles. The smallest absolute Gasteiger partial charge is 0.191 e. The van der Waals surface area contributed by atoms with Crippen LogP contribution in [0.2, 0.25) is 0 Å². The van der Waals surface area contributed by atoms with Gasteiger partial charge in [-0.2, -0.15) is 0 Å². The van der Waals surface area contributed by atoms with Crippen LogP contribution in [0.3, 0.4) is 0 Å². The fraction of sp³-hybridized carbons (Fsp3) is 0.933. The lowest BCUT2D eigenvalue weighted by Crippen LogP contribution is -2.61. The summed E-state index contributed by atoms with van der Waals surface area (Å²) >= 11 is 0. The molecular weight excluding hydrogens is 238 g/mol. The summed E-state index contributed by atoms with van der Waals surface area (Å²) in [7, 11) is 1.84. The standard InChI is InChI=1S/C15H27N3O/c1-19-13-11-12(15(13)7-6-8-15)17-14(16)18-9-4-2-3-5-10-18/h12-13H,2-11H2,1H3,(H2,16,17). The Balaban J connectivity index is 1.64. The number of nitrogens with zero attached hydrogens (tertiary/aromatic N) is 2. The predicted molar refractivity (Wildman–Crippen MR) is 77.1 cm³/mol. The normalized spacial score (nSPS) is 34.6. The van der Waals surface area contributed by atoms with E-state index in [0.717, 1.165) is 25.5 Å². The summed E-state index contributed by atoms with van der Waals surface area (Å²) in [5.41, 5.74) is 6.59. The zero-order valence-corrected chi connectivity index (χ0v) is 12.1. The van der Waals surface area contributed by atoms with Crippen molar-refractivity contribution in [1.82, 2.24) is 4.90 Å². The average Bonchev–Trinajstić information content (AvgIpc) is 2.60. The van der Waals surface area contributed by atoms with Gasteiger partial charge >= 0.3 is 0 Å². The lowest BCUT2D eigenvalue weighted by Gasteiger charge is -2.59. The van der Waals surface area contributed by atoms with Crippen molar-refractivity contribution in [2.75, 3.05) is 20.2 Å². The van der Waals surface area contributed by atoms with E-state index in [4.69, 9.17) is 15.5 Å². The van der Waals surface area contributed by atoms with E-state index in [2.05, 4.69) is 4.90 Å². The summed E-state index contributed by atoms with van der Waals surface area (Å²) in [5.74, 6) is 0.785. The van der Waals surface area contributed by atoms with E-state index in [-0.39, 0.29) is 0 Å². The fourth-order valence-corrected chi connectivity index (χ4v) is 4.02. The first kappa shape index (κ1) is 13.2. The molecule has 1 spiro atoms. The molecule has 2 saturated carbocycles. The molecule has 3 aliphatic rings. The van der Waals surface area contributed by atoms with Crippen LogP contribution in [0.25, 0.3) is 0 Å². The van der Waals surface area contributed by atoms with Crippen molar-refractivity contribution in [3.63, 3.8) is 0 Å². The van der Waals surface area contributed by atoms with Gasteiger partial charge in [-0.15, -0.1) is 0 Å². The molecule has 1 aliphatic heterocycles. The Hall–Kier alpha value is -0.770. The summed E-state index contributed by atoms with van der Waals surface area (Å²) in [6.45, 7) is 2.17. The number of guanidine groups is 1. The molecule has 4 heteroatoms. The highest BCUT2D eigenvalue weighted by Crippen LogP contribution is 2.58. The van der Waals surface area contributed by atoms with Crippen molar-refractivity contribution in [3.8, 4) is 0 Å². The number of nitrogens with two attached hydrogens (primary N) is 1. The lowest BCUT2D eigenvalue weighted by molar-refractivity contribution is -0.150. The molecule has 0 aromatic rings. The molecule has 0 radical (unpaired) electrons. The van der Waals surface area contributed by atoms with Crippen LogP contribution in [0.1, 0.15) is 51.4 Å². The van der Waals surface area contributed by atoms with Crippen molar-refractivity contribution in [2.24, 2.45) is 16.1 Å². The SMILES string of the molecule is COC1CC(N=C(N)N2CCCCCC2)C12CCC2. The molecule has 4 nitrogen and oxygen atoms in total. The number of hydrogen-bond donors (Lipinski definition) is 1. The predicted octanol–water partition coefficient (Wildman–Crippen LogP) is 2.13. The molecule has 1 saturated heterocycles. The first-order chi connectivity index (χ1) is 9.26. The largest absolute Gasteiger partial charge is 0.381 e. The quantitative estimate of drug-likeness (QED) is 0.615. The van der Waals surface area contributed by atoms with Crippen LogP contribution in [-0.4, -0.2) is 43.2 Å². The molecule has 0 aromatic carbocycles. The molecule has 3 rings (SSSR count). The van der Waals surface area contributed by atoms with E-state index in [1.807, 2.05) is 7.11 Å². The maximum absolute atomic E-state index is 6.25. The van der Waals surface area contributed by atoms with Crippen molar-refractivity contribution >= 4 is 5.96 Å². The molecule has 0 amide bonds. The van der Waals surface area contributed by atoms with Gasteiger partial charge in [0.1, 0.15) is 0 Å². The molecule has 2 unspecified atom stereocenters. The zero-order chi connectivity index (χ0) is 13.3. The number of hydrogen-bond acceptors (Lipinski definition) is 2. The van der Waals surface area contributed by atoms with Gasteiger partial charge in [-0.1, -0.05) is 19.3 Å². The Kier molecular flexibility index (Phi) is 3.70. The third kappa shape index (κ3) is 2.24. The van der Waals surface area contributed by atoms with E-state index in [1.165, 1.54) is 44.9 Å². The van der Waals surface area contributed by atoms with Gasteiger partial charge in [-0.05, 0) is 32.1 Å². The van der Waals surface area contributed by atoms with Gasteiger partial charge in [-0.3, -0.25) is 0 Å². The molecule has 2 atom stereocenters. The fourth-order valence-electron chi connectivity index (χ4n) is 4.02. The van der Waals surface area contributed by atoms with Crippen LogP contribution in [0.15, 0.2) is 4.99 Å². The molecule has 19 heavy (non-hydrogen) atoms. The summed E-state index contributed by atoms with van der Waals surface area (Å²) in [6.07, 6.45) is 10.5. The molecule has 0 bridgehead atoms. The summed E-state index contributed by atoms with van der Waals surface area (Å²) in [4.78, 5) is 7.15. The van der Waals surface area contributed by atoms with Gasteiger partial charge in [-0.25, -0.2) is 4.99 Å². The highest BCUT2D eigenvalue weighted by molar-refractivity contribution is 5.78. The molecular formula is C15H27N3O. The number of rotatable bonds is 2. The topological polar surface area (TPSA) is 50.9 Å². The highest BCUT2D eigenvalue weighted by Gasteiger charge is 2.59. The first-order valence-corrected chi connectivity index (χ1v) is 7.87. The minimum absolute atomic E-state index is 0.339. The van der Waals surface area contributed by atoms with Crippen LogP contribution in [0.4, 0.5) is 0 Å². The molecule has 1 heterocycles. The van der Waals surface area contributed by atoms with Crippen molar-refractivity contribution in [1.29, 1.82) is 0 Å². The van der Waals surface area contributed by atoms with Gasteiger partial charge in [0, 0.05) is 25.6 Å². The summed E-state index contributed by atoms with van der Waals surface area (Å²) < 4.78 is 5.60. The van der Waals surface area contributed by atoms with Crippen LogP contribution < -0.4 is 5.73 Å². The Morgan fingerprint density at radius 1 is 1.16 bits per heavy atom. The molecule has 0 aromatic heterocycles. The zero-order valence-electron chi connectivity index (χ0n) is 12.1. The van der Waals surface area contributed by atoms with Gasteiger partial charge in [0.2, 0.25) is 0 Å². The Labute approximate surface area is 116 Å². The van der Waals surface area contributed by atoms with Crippen molar-refractivity contribution < 1.29 is 4.74 Å². The molecule has 108 valence electrons. The van der Waals surface area contributed by atoms with Crippen molar-refractivity contribution in [3.05, 3.63) is 0 Å². The second kappa shape index (κ2) is 5.31. The van der Waals surface area contributed by atoms with Gasteiger partial charge in [0.25, 0.3) is 0 Å². The number of aliphatic imine (C=N–C) groups is 1. The first-order valence-electron chi connectivity index (χ1n) is 7.87. The number of likely N-dealkylation sites (tertiary alicyclic amines) is 1. The van der Waals surface area contributed by atoms with Gasteiger partial charge in [0.05, 0.1) is 12.1 Å². The second-order valence-electron chi connectivity index (χ2n) is 6.45. The Morgan fingerprint density at radius 3 is 2.37 bits per heavy atom. The van der Waals surface area contributed by atoms with Gasteiger partial charge < -0.3 is 15.4 Å². The highest BCUT2D eigenvalue weighted by atomic mass is 16.5. The summed E-state index contributed by atoms with van der Waals surface area (Å²) in [5, 5.41) is 0. The van der Waals surface area contributed by atoms with Crippen LogP contribution in [0, 0.1) is 5.41 Å². The van der Waals surface area contributed by atoms with E-state index in [0.29, 0.717) is 17.6 Å². The minimum atomic E-state index is 0.339. The Bertz CT molecular complexity index is 343. The van der Waals surface area contributed by atoms with Gasteiger partial charge in [0.15, 0.2) is 5.96 Å². The average molecular weight is 265 g/mol. The number of ether oxygens (including phenoxy) is 1.